The van der Waals surface area contributed by atoms with Crippen LogP contribution in [0.15, 0.2) is 76.0 Å². The van der Waals surface area contributed by atoms with Gasteiger partial charge < -0.3 is 13.9 Å². The Balaban J connectivity index is 1.58. The topological polar surface area (TPSA) is 124 Å². The molecule has 0 saturated carbocycles. The van der Waals surface area contributed by atoms with Crippen LogP contribution in [-0.4, -0.2) is 45.8 Å². The zero-order valence-electron chi connectivity index (χ0n) is 19.4. The van der Waals surface area contributed by atoms with E-state index in [1.165, 1.54) is 57.7 Å². The first-order valence-electron chi connectivity index (χ1n) is 10.5. The lowest BCUT2D eigenvalue weighted by Gasteiger charge is -2.23. The summed E-state index contributed by atoms with van der Waals surface area (Å²) < 4.78 is 43.8. The van der Waals surface area contributed by atoms with Crippen LogP contribution in [0.1, 0.15) is 10.4 Å². The van der Waals surface area contributed by atoms with Gasteiger partial charge in [0.25, 0.3) is 15.9 Å². The molecule has 4 aromatic rings. The van der Waals surface area contributed by atoms with Crippen molar-refractivity contribution in [3.8, 4) is 23.0 Å². The third-order valence-corrected chi connectivity index (χ3v) is 7.28. The van der Waals surface area contributed by atoms with Crippen molar-refractivity contribution in [2.45, 2.75) is 4.90 Å². The highest BCUT2D eigenvalue weighted by molar-refractivity contribution is 7.92. The first-order chi connectivity index (χ1) is 17.2. The van der Waals surface area contributed by atoms with E-state index in [0.717, 1.165) is 4.31 Å². The van der Waals surface area contributed by atoms with E-state index in [9.17, 15) is 13.2 Å². The number of nitrogens with one attached hydrogen (secondary N) is 1. The number of benzene rings is 3. The molecule has 36 heavy (non-hydrogen) atoms. The number of carbonyl (C=O) groups is 1. The fraction of sp³-hybridized carbons (Fsp3) is 0.125. The smallest absolute Gasteiger partial charge is 0.322 e. The summed E-state index contributed by atoms with van der Waals surface area (Å²) in [7, 11) is 0.0939. The lowest BCUT2D eigenvalue weighted by atomic mass is 10.2. The number of amides is 1. The molecule has 4 rings (SSSR count). The zero-order valence-corrected chi connectivity index (χ0v) is 21.0. The van der Waals surface area contributed by atoms with Crippen molar-refractivity contribution in [1.82, 2.24) is 10.2 Å². The molecule has 0 aliphatic heterocycles. The van der Waals surface area contributed by atoms with Crippen molar-refractivity contribution in [1.29, 1.82) is 0 Å². The lowest BCUT2D eigenvalue weighted by molar-refractivity contribution is 0.102. The van der Waals surface area contributed by atoms with Gasteiger partial charge in [-0.25, -0.2) is 8.42 Å². The zero-order chi connectivity index (χ0) is 25.9. The molecule has 3 aromatic carbocycles. The Bertz CT molecular complexity index is 1510. The van der Waals surface area contributed by atoms with E-state index >= 15 is 0 Å². The number of rotatable bonds is 8. The summed E-state index contributed by atoms with van der Waals surface area (Å²) >= 11 is 6.21. The van der Waals surface area contributed by atoms with Crippen LogP contribution in [0.25, 0.3) is 11.5 Å². The Kier molecular flexibility index (Phi) is 7.13. The van der Waals surface area contributed by atoms with E-state index in [1.54, 1.807) is 12.1 Å². The quantitative estimate of drug-likeness (QED) is 0.355. The van der Waals surface area contributed by atoms with E-state index in [-0.39, 0.29) is 38.8 Å². The van der Waals surface area contributed by atoms with Crippen LogP contribution in [0.5, 0.6) is 11.5 Å². The highest BCUT2D eigenvalue weighted by atomic mass is 35.5. The van der Waals surface area contributed by atoms with Gasteiger partial charge in [0.1, 0.15) is 11.5 Å². The first-order valence-corrected chi connectivity index (χ1v) is 12.3. The van der Waals surface area contributed by atoms with Gasteiger partial charge in [-0.05, 0) is 36.4 Å². The number of nitrogens with zero attached hydrogens (tertiary/aromatic N) is 3. The number of methoxy groups -OCH3 is 2. The largest absolute Gasteiger partial charge is 0.495 e. The van der Waals surface area contributed by atoms with Gasteiger partial charge in [0.2, 0.25) is 5.89 Å². The molecule has 0 radical (unpaired) electrons. The summed E-state index contributed by atoms with van der Waals surface area (Å²) in [5, 5.41) is 10.4. The van der Waals surface area contributed by atoms with Crippen molar-refractivity contribution in [3.05, 3.63) is 77.3 Å². The molecular weight excluding hydrogens is 508 g/mol. The van der Waals surface area contributed by atoms with E-state index in [4.69, 9.17) is 25.5 Å². The molecule has 10 nitrogen and oxygen atoms in total. The summed E-state index contributed by atoms with van der Waals surface area (Å²) in [5.74, 6) is 0.180. The highest BCUT2D eigenvalue weighted by Crippen LogP contribution is 2.39. The number of anilines is 2. The molecule has 0 bridgehead atoms. The van der Waals surface area contributed by atoms with Gasteiger partial charge in [-0.1, -0.05) is 41.0 Å². The Labute approximate surface area is 212 Å². The summed E-state index contributed by atoms with van der Waals surface area (Å²) in [6.07, 6.45) is 0. The molecule has 0 atom stereocenters. The number of hydrogen-bond donors (Lipinski definition) is 1. The van der Waals surface area contributed by atoms with Crippen molar-refractivity contribution >= 4 is 39.2 Å². The Morgan fingerprint density at radius 1 is 0.972 bits per heavy atom. The SMILES string of the molecule is COc1cc(OC)c(N(C)S(=O)(=O)c2cccc(C(=O)Nc3nnc(-c4ccccc4)o3)c2)cc1Cl. The van der Waals surface area contributed by atoms with Crippen LogP contribution < -0.4 is 19.1 Å². The third-order valence-electron chi connectivity index (χ3n) is 5.21. The average molecular weight is 529 g/mol. The maximum absolute atomic E-state index is 13.4. The Morgan fingerprint density at radius 2 is 1.69 bits per heavy atom. The number of hydrogen-bond acceptors (Lipinski definition) is 8. The molecule has 0 aliphatic carbocycles. The van der Waals surface area contributed by atoms with Gasteiger partial charge in [0.05, 0.1) is 29.8 Å². The lowest BCUT2D eigenvalue weighted by Crippen LogP contribution is -2.27. The van der Waals surface area contributed by atoms with E-state index in [1.807, 2.05) is 18.2 Å². The average Bonchev–Trinajstić information content (AvgIpc) is 3.37. The van der Waals surface area contributed by atoms with Crippen LogP contribution in [-0.2, 0) is 10.0 Å². The Hall–Kier alpha value is -4.09. The maximum Gasteiger partial charge on any atom is 0.322 e. The van der Waals surface area contributed by atoms with Gasteiger partial charge in [-0.15, -0.1) is 5.10 Å². The molecule has 0 unspecified atom stereocenters. The summed E-state index contributed by atoms with van der Waals surface area (Å²) in [5.41, 5.74) is 0.955. The standard InChI is InChI=1S/C24H21ClN4O6S/c1-29(19-13-18(25)20(33-2)14-21(19)34-3)36(31,32)17-11-7-10-16(12-17)22(30)26-24-28-27-23(35-24)15-8-5-4-6-9-15/h4-14H,1-3H3,(H,26,28,30). The summed E-state index contributed by atoms with van der Waals surface area (Å²) in [6, 6.07) is 17.4. The van der Waals surface area contributed by atoms with Gasteiger partial charge in [0, 0.05) is 24.2 Å². The molecule has 1 amide bonds. The minimum Gasteiger partial charge on any atom is -0.495 e. The van der Waals surface area contributed by atoms with Crippen LogP contribution in [0.2, 0.25) is 5.02 Å². The normalized spacial score (nSPS) is 11.1. The van der Waals surface area contributed by atoms with Crippen LogP contribution in [0.4, 0.5) is 11.7 Å². The second kappa shape index (κ2) is 10.3. The number of ether oxygens (including phenoxy) is 2. The minimum atomic E-state index is -4.10. The number of halogens is 1. The van der Waals surface area contributed by atoms with Gasteiger partial charge >= 0.3 is 6.01 Å². The van der Waals surface area contributed by atoms with Crippen molar-refractivity contribution in [2.75, 3.05) is 30.9 Å². The molecular formula is C24H21ClN4O6S. The van der Waals surface area contributed by atoms with Crippen molar-refractivity contribution < 1.29 is 27.1 Å². The van der Waals surface area contributed by atoms with Crippen LogP contribution >= 0.6 is 11.6 Å². The molecule has 1 heterocycles. The van der Waals surface area contributed by atoms with Gasteiger partial charge in [-0.2, -0.15) is 0 Å². The third kappa shape index (κ3) is 4.97. The predicted molar refractivity (Wildman–Crippen MR) is 134 cm³/mol. The second-order valence-electron chi connectivity index (χ2n) is 7.39. The summed E-state index contributed by atoms with van der Waals surface area (Å²) in [4.78, 5) is 12.7. The van der Waals surface area contributed by atoms with E-state index in [0.29, 0.717) is 11.3 Å². The number of aromatic nitrogens is 2. The van der Waals surface area contributed by atoms with Gasteiger partial charge in [0.15, 0.2) is 0 Å². The highest BCUT2D eigenvalue weighted by Gasteiger charge is 2.26. The van der Waals surface area contributed by atoms with Gasteiger partial charge in [-0.3, -0.25) is 14.4 Å². The molecule has 1 aromatic heterocycles. The molecule has 1 N–H and O–H groups in total. The number of sulfonamides is 1. The van der Waals surface area contributed by atoms with E-state index < -0.39 is 15.9 Å². The fourth-order valence-electron chi connectivity index (χ4n) is 3.32. The van der Waals surface area contributed by atoms with E-state index in [2.05, 4.69) is 15.5 Å². The van der Waals surface area contributed by atoms with Crippen molar-refractivity contribution in [3.63, 3.8) is 0 Å². The molecule has 0 fully saturated rings. The predicted octanol–water partition coefficient (Wildman–Crippen LogP) is 4.48. The molecule has 12 heteroatoms. The molecule has 186 valence electrons. The minimum absolute atomic E-state index is 0.0728. The fourth-order valence-corrected chi connectivity index (χ4v) is 4.80. The monoisotopic (exact) mass is 528 g/mol. The maximum atomic E-state index is 13.4. The Morgan fingerprint density at radius 3 is 2.39 bits per heavy atom. The van der Waals surface area contributed by atoms with Crippen LogP contribution in [0, 0.1) is 0 Å². The molecule has 0 aliphatic rings. The van der Waals surface area contributed by atoms with Crippen molar-refractivity contribution in [2.24, 2.45) is 0 Å². The second-order valence-corrected chi connectivity index (χ2v) is 9.77. The first kappa shape index (κ1) is 25.0. The molecule has 0 saturated heterocycles. The summed E-state index contributed by atoms with van der Waals surface area (Å²) in [6.45, 7) is 0. The molecule has 0 spiro atoms. The van der Waals surface area contributed by atoms with Crippen LogP contribution in [0.3, 0.4) is 0 Å². The number of carbonyl (C=O) groups excluding carboxylic acids is 1.